The first-order valence-corrected chi connectivity index (χ1v) is 6.59. The van der Waals surface area contributed by atoms with Gasteiger partial charge in [-0.25, -0.2) is 0 Å². The van der Waals surface area contributed by atoms with Crippen molar-refractivity contribution in [3.63, 3.8) is 0 Å². The second-order valence-electron chi connectivity index (χ2n) is 3.92. The predicted octanol–water partition coefficient (Wildman–Crippen LogP) is 2.91. The first-order chi connectivity index (χ1) is 9.06. The molecule has 1 heterocycles. The van der Waals surface area contributed by atoms with Crippen LogP contribution in [-0.4, -0.2) is 14.9 Å². The number of nitrogens with zero attached hydrogens (tertiary/aromatic N) is 3. The molecule has 0 atom stereocenters. The minimum atomic E-state index is -0.398. The Morgan fingerprint density at radius 2 is 2.16 bits per heavy atom. The molecular formula is C12H11IN4O2. The SMILES string of the molecule is Cc1cnc(CNc2ccc(I)cc2[N+](=O)[O-])cn1. The van der Waals surface area contributed by atoms with Crippen molar-refractivity contribution < 1.29 is 4.92 Å². The average molecular weight is 370 g/mol. The third-order valence-corrected chi connectivity index (χ3v) is 3.12. The Morgan fingerprint density at radius 3 is 2.79 bits per heavy atom. The monoisotopic (exact) mass is 370 g/mol. The van der Waals surface area contributed by atoms with E-state index in [1.54, 1.807) is 18.5 Å². The lowest BCUT2D eigenvalue weighted by Gasteiger charge is -2.07. The van der Waals surface area contributed by atoms with Crippen molar-refractivity contribution in [1.82, 2.24) is 9.97 Å². The maximum Gasteiger partial charge on any atom is 0.293 e. The van der Waals surface area contributed by atoms with Gasteiger partial charge in [0.1, 0.15) is 5.69 Å². The molecular weight excluding hydrogens is 359 g/mol. The molecule has 7 heteroatoms. The number of aromatic nitrogens is 2. The Hall–Kier alpha value is -1.77. The minimum absolute atomic E-state index is 0.0620. The van der Waals surface area contributed by atoms with Gasteiger partial charge in [-0.3, -0.25) is 20.1 Å². The topological polar surface area (TPSA) is 81.0 Å². The maximum atomic E-state index is 11.0. The number of aryl methyl sites for hydroxylation is 1. The molecule has 19 heavy (non-hydrogen) atoms. The third-order valence-electron chi connectivity index (χ3n) is 2.45. The highest BCUT2D eigenvalue weighted by molar-refractivity contribution is 14.1. The molecule has 2 rings (SSSR count). The van der Waals surface area contributed by atoms with Gasteiger partial charge in [0.25, 0.3) is 5.69 Å². The Labute approximate surface area is 123 Å². The van der Waals surface area contributed by atoms with E-state index in [4.69, 9.17) is 0 Å². The zero-order valence-electron chi connectivity index (χ0n) is 10.1. The summed E-state index contributed by atoms with van der Waals surface area (Å²) in [5.41, 5.74) is 2.11. The van der Waals surface area contributed by atoms with Gasteiger partial charge in [-0.15, -0.1) is 0 Å². The number of hydrogen-bond donors (Lipinski definition) is 1. The van der Waals surface area contributed by atoms with Gasteiger partial charge >= 0.3 is 0 Å². The van der Waals surface area contributed by atoms with Crippen molar-refractivity contribution in [3.8, 4) is 0 Å². The van der Waals surface area contributed by atoms with Crippen LogP contribution in [-0.2, 0) is 6.54 Å². The molecule has 0 fully saturated rings. The molecule has 0 bridgehead atoms. The highest BCUT2D eigenvalue weighted by Gasteiger charge is 2.13. The average Bonchev–Trinajstić information content (AvgIpc) is 2.39. The van der Waals surface area contributed by atoms with Crippen LogP contribution in [0.5, 0.6) is 0 Å². The fourth-order valence-electron chi connectivity index (χ4n) is 1.50. The molecule has 1 N–H and O–H groups in total. The maximum absolute atomic E-state index is 11.0. The number of nitro groups is 1. The number of anilines is 1. The van der Waals surface area contributed by atoms with Crippen LogP contribution in [0.3, 0.4) is 0 Å². The molecule has 0 amide bonds. The van der Waals surface area contributed by atoms with Crippen LogP contribution in [0.25, 0.3) is 0 Å². The number of hydrogen-bond acceptors (Lipinski definition) is 5. The molecule has 0 saturated heterocycles. The summed E-state index contributed by atoms with van der Waals surface area (Å²) in [5, 5.41) is 14.0. The van der Waals surface area contributed by atoms with Gasteiger partial charge in [0.2, 0.25) is 0 Å². The smallest absolute Gasteiger partial charge is 0.293 e. The van der Waals surface area contributed by atoms with Crippen molar-refractivity contribution >= 4 is 34.0 Å². The van der Waals surface area contributed by atoms with E-state index >= 15 is 0 Å². The van der Waals surface area contributed by atoms with Crippen molar-refractivity contribution in [3.05, 3.63) is 55.7 Å². The Balaban J connectivity index is 2.15. The molecule has 0 unspecified atom stereocenters. The van der Waals surface area contributed by atoms with Crippen LogP contribution in [0, 0.1) is 20.6 Å². The lowest BCUT2D eigenvalue weighted by atomic mass is 10.2. The summed E-state index contributed by atoms with van der Waals surface area (Å²) in [4.78, 5) is 18.9. The Morgan fingerprint density at radius 1 is 1.37 bits per heavy atom. The van der Waals surface area contributed by atoms with Gasteiger partial charge in [-0.05, 0) is 41.6 Å². The van der Waals surface area contributed by atoms with E-state index < -0.39 is 4.92 Å². The fraction of sp³-hybridized carbons (Fsp3) is 0.167. The molecule has 1 aromatic heterocycles. The van der Waals surface area contributed by atoms with E-state index in [0.29, 0.717) is 12.2 Å². The summed E-state index contributed by atoms with van der Waals surface area (Å²) in [7, 11) is 0. The summed E-state index contributed by atoms with van der Waals surface area (Å²) in [5.74, 6) is 0. The second kappa shape index (κ2) is 5.91. The highest BCUT2D eigenvalue weighted by atomic mass is 127. The zero-order chi connectivity index (χ0) is 13.8. The first kappa shape index (κ1) is 13.7. The molecule has 0 spiro atoms. The number of nitro benzene ring substituents is 1. The molecule has 1 aromatic carbocycles. The molecule has 0 saturated carbocycles. The third kappa shape index (κ3) is 3.60. The molecule has 0 aliphatic heterocycles. The van der Waals surface area contributed by atoms with Crippen LogP contribution in [0.1, 0.15) is 11.4 Å². The van der Waals surface area contributed by atoms with Crippen molar-refractivity contribution in [1.29, 1.82) is 0 Å². The van der Waals surface area contributed by atoms with Gasteiger partial charge in [-0.1, -0.05) is 0 Å². The van der Waals surface area contributed by atoms with Crippen LogP contribution in [0.4, 0.5) is 11.4 Å². The molecule has 0 aliphatic rings. The van der Waals surface area contributed by atoms with Gasteiger partial charge in [0, 0.05) is 15.8 Å². The van der Waals surface area contributed by atoms with Crippen LogP contribution in [0.2, 0.25) is 0 Å². The summed E-state index contributed by atoms with van der Waals surface area (Å²) in [6.45, 7) is 2.25. The quantitative estimate of drug-likeness (QED) is 0.509. The van der Waals surface area contributed by atoms with E-state index in [0.717, 1.165) is 15.0 Å². The second-order valence-corrected chi connectivity index (χ2v) is 5.17. The van der Waals surface area contributed by atoms with Crippen molar-refractivity contribution in [2.24, 2.45) is 0 Å². The fourth-order valence-corrected chi connectivity index (χ4v) is 1.98. The highest BCUT2D eigenvalue weighted by Crippen LogP contribution is 2.26. The van der Waals surface area contributed by atoms with Crippen LogP contribution < -0.4 is 5.32 Å². The number of nitrogens with one attached hydrogen (secondary N) is 1. The number of benzene rings is 1. The summed E-state index contributed by atoms with van der Waals surface area (Å²) in [6, 6.07) is 5.04. The Bertz CT molecular complexity index is 601. The first-order valence-electron chi connectivity index (χ1n) is 5.51. The van der Waals surface area contributed by atoms with E-state index in [2.05, 4.69) is 15.3 Å². The molecule has 98 valence electrons. The van der Waals surface area contributed by atoms with Gasteiger partial charge < -0.3 is 5.32 Å². The van der Waals surface area contributed by atoms with E-state index in [9.17, 15) is 10.1 Å². The summed E-state index contributed by atoms with van der Waals surface area (Å²) < 4.78 is 0.824. The normalized spacial score (nSPS) is 10.2. The van der Waals surface area contributed by atoms with Crippen LogP contribution >= 0.6 is 22.6 Å². The van der Waals surface area contributed by atoms with Crippen molar-refractivity contribution in [2.45, 2.75) is 13.5 Å². The van der Waals surface area contributed by atoms with E-state index in [1.807, 2.05) is 35.6 Å². The van der Waals surface area contributed by atoms with Gasteiger partial charge in [-0.2, -0.15) is 0 Å². The molecule has 2 aromatic rings. The molecule has 0 radical (unpaired) electrons. The van der Waals surface area contributed by atoms with Gasteiger partial charge in [0.15, 0.2) is 0 Å². The van der Waals surface area contributed by atoms with Crippen LogP contribution in [0.15, 0.2) is 30.6 Å². The standard InChI is InChI=1S/C12H11IN4O2/c1-8-5-15-10(6-14-8)7-16-11-3-2-9(13)4-12(11)17(18)19/h2-6,16H,7H2,1H3. The predicted molar refractivity (Wildman–Crippen MR) is 79.9 cm³/mol. The van der Waals surface area contributed by atoms with E-state index in [1.165, 1.54) is 6.07 Å². The summed E-state index contributed by atoms with van der Waals surface area (Å²) >= 11 is 2.04. The Kier molecular flexibility index (Phi) is 4.25. The lowest BCUT2D eigenvalue weighted by Crippen LogP contribution is -2.05. The van der Waals surface area contributed by atoms with Gasteiger partial charge in [0.05, 0.1) is 29.1 Å². The largest absolute Gasteiger partial charge is 0.374 e. The molecule has 0 aliphatic carbocycles. The van der Waals surface area contributed by atoms with E-state index in [-0.39, 0.29) is 5.69 Å². The lowest BCUT2D eigenvalue weighted by molar-refractivity contribution is -0.384. The van der Waals surface area contributed by atoms with Crippen molar-refractivity contribution in [2.75, 3.05) is 5.32 Å². The number of rotatable bonds is 4. The summed E-state index contributed by atoms with van der Waals surface area (Å²) in [6.07, 6.45) is 3.32. The molecule has 6 nitrogen and oxygen atoms in total. The zero-order valence-corrected chi connectivity index (χ0v) is 12.3. The number of halogens is 1. The minimum Gasteiger partial charge on any atom is -0.374 e.